The van der Waals surface area contributed by atoms with Gasteiger partial charge in [0.25, 0.3) is 5.91 Å². The first-order valence-electron chi connectivity index (χ1n) is 13.4. The van der Waals surface area contributed by atoms with Crippen LogP contribution in [0.15, 0.2) is 42.5 Å². The Balaban J connectivity index is 1.45. The summed E-state index contributed by atoms with van der Waals surface area (Å²) >= 11 is 6.23. The first kappa shape index (κ1) is 28.6. The van der Waals surface area contributed by atoms with Crippen LogP contribution in [-0.4, -0.2) is 41.2 Å². The van der Waals surface area contributed by atoms with Gasteiger partial charge in [-0.15, -0.1) is 0 Å². The van der Waals surface area contributed by atoms with E-state index >= 15 is 0 Å². The van der Waals surface area contributed by atoms with Gasteiger partial charge in [-0.2, -0.15) is 5.26 Å². The SMILES string of the molecule is Cc1cc(C(=O)NCC(=O)N2[C@H](c3cccc(Cl)c3)CC[C@@H]2C(C)(C)C#N)ccc1CC1CC(C)NNC1=O. The highest BCUT2D eigenvalue weighted by Crippen LogP contribution is 2.43. The number of halogens is 1. The smallest absolute Gasteiger partial charge is 0.251 e. The summed E-state index contributed by atoms with van der Waals surface area (Å²) in [5.74, 6) is -0.737. The second kappa shape index (κ2) is 11.8. The summed E-state index contributed by atoms with van der Waals surface area (Å²) in [5, 5.41) is 13.2. The zero-order valence-electron chi connectivity index (χ0n) is 22.9. The highest BCUT2D eigenvalue weighted by molar-refractivity contribution is 6.30. The maximum absolute atomic E-state index is 13.5. The van der Waals surface area contributed by atoms with Crippen LogP contribution in [0.1, 0.15) is 73.1 Å². The Morgan fingerprint density at radius 2 is 1.97 bits per heavy atom. The maximum atomic E-state index is 13.5. The fourth-order valence-corrected chi connectivity index (χ4v) is 5.93. The fraction of sp³-hybridized carbons (Fsp3) is 0.467. The Hall–Kier alpha value is -3.41. The van der Waals surface area contributed by atoms with Crippen LogP contribution in [0.25, 0.3) is 0 Å². The lowest BCUT2D eigenvalue weighted by atomic mass is 9.84. The first-order valence-corrected chi connectivity index (χ1v) is 13.8. The minimum Gasteiger partial charge on any atom is -0.343 e. The number of amides is 3. The molecule has 2 aliphatic rings. The molecule has 9 heteroatoms. The van der Waals surface area contributed by atoms with E-state index in [2.05, 4.69) is 22.2 Å². The topological polar surface area (TPSA) is 114 Å². The van der Waals surface area contributed by atoms with Crippen LogP contribution in [0.4, 0.5) is 0 Å². The summed E-state index contributed by atoms with van der Waals surface area (Å²) in [6.07, 6.45) is 2.74. The molecule has 0 bridgehead atoms. The van der Waals surface area contributed by atoms with Gasteiger partial charge in [0.15, 0.2) is 0 Å². The molecule has 39 heavy (non-hydrogen) atoms. The Labute approximate surface area is 235 Å². The van der Waals surface area contributed by atoms with Gasteiger partial charge in [-0.3, -0.25) is 19.8 Å². The summed E-state index contributed by atoms with van der Waals surface area (Å²) in [7, 11) is 0. The molecule has 4 rings (SSSR count). The Kier molecular flexibility index (Phi) is 8.63. The van der Waals surface area contributed by atoms with Crippen LogP contribution in [0, 0.1) is 29.6 Å². The van der Waals surface area contributed by atoms with Gasteiger partial charge < -0.3 is 10.2 Å². The molecule has 3 amide bonds. The van der Waals surface area contributed by atoms with E-state index in [0.29, 0.717) is 29.8 Å². The van der Waals surface area contributed by atoms with E-state index in [-0.39, 0.29) is 48.3 Å². The number of nitriles is 1. The molecule has 0 radical (unpaired) electrons. The third-order valence-electron chi connectivity index (χ3n) is 7.95. The summed E-state index contributed by atoms with van der Waals surface area (Å²) in [5.41, 5.74) is 8.23. The normalized spacial score (nSPS) is 23.2. The van der Waals surface area contributed by atoms with Gasteiger partial charge in [0.05, 0.1) is 30.1 Å². The molecule has 0 spiro atoms. The second-order valence-corrected chi connectivity index (χ2v) is 11.7. The van der Waals surface area contributed by atoms with Crippen molar-refractivity contribution in [3.05, 3.63) is 69.7 Å². The molecule has 2 saturated heterocycles. The summed E-state index contributed by atoms with van der Waals surface area (Å²) in [6, 6.07) is 14.9. The lowest BCUT2D eigenvalue weighted by Gasteiger charge is -2.36. The third-order valence-corrected chi connectivity index (χ3v) is 8.18. The van der Waals surface area contributed by atoms with Crippen molar-refractivity contribution >= 4 is 29.3 Å². The number of rotatable bonds is 7. The second-order valence-electron chi connectivity index (χ2n) is 11.3. The van der Waals surface area contributed by atoms with Crippen molar-refractivity contribution in [2.45, 2.75) is 71.5 Å². The third kappa shape index (κ3) is 6.43. The van der Waals surface area contributed by atoms with Crippen LogP contribution in [0.3, 0.4) is 0 Å². The van der Waals surface area contributed by atoms with Crippen LogP contribution < -0.4 is 16.2 Å². The lowest BCUT2D eigenvalue weighted by molar-refractivity contribution is -0.134. The van der Waals surface area contributed by atoms with E-state index in [9.17, 15) is 19.6 Å². The molecule has 2 heterocycles. The molecule has 0 aromatic heterocycles. The van der Waals surface area contributed by atoms with Gasteiger partial charge >= 0.3 is 0 Å². The maximum Gasteiger partial charge on any atom is 0.251 e. The quantitative estimate of drug-likeness (QED) is 0.478. The number of likely N-dealkylation sites (tertiary alicyclic amines) is 1. The number of aryl methyl sites for hydroxylation is 1. The van der Waals surface area contributed by atoms with Gasteiger partial charge in [-0.25, -0.2) is 5.43 Å². The van der Waals surface area contributed by atoms with E-state index in [4.69, 9.17) is 11.6 Å². The predicted molar refractivity (Wildman–Crippen MR) is 150 cm³/mol. The minimum atomic E-state index is -0.747. The summed E-state index contributed by atoms with van der Waals surface area (Å²) in [6.45, 7) is 7.46. The molecule has 2 aromatic rings. The Morgan fingerprint density at radius 3 is 2.67 bits per heavy atom. The van der Waals surface area contributed by atoms with Crippen molar-refractivity contribution in [3.8, 4) is 6.07 Å². The number of hydrogen-bond donors (Lipinski definition) is 3. The number of benzene rings is 2. The van der Waals surface area contributed by atoms with Crippen LogP contribution >= 0.6 is 11.6 Å². The Morgan fingerprint density at radius 1 is 1.21 bits per heavy atom. The molecule has 0 saturated carbocycles. The standard InChI is InChI=1S/C30H36ClN5O3/c1-18-12-22(9-8-20(18)14-23-13-19(2)34-35-29(23)39)28(38)33-16-27(37)36-25(21-6-5-7-24(31)15-21)10-11-26(36)30(3,4)17-32/h5-9,12,15,19,23,25-26,34H,10-11,13-14,16H2,1-4H3,(H,33,38)(H,35,39)/t19?,23?,25-,26+/m0/s1. The first-order chi connectivity index (χ1) is 18.5. The van der Waals surface area contributed by atoms with Crippen LogP contribution in [-0.2, 0) is 16.0 Å². The molecule has 2 unspecified atom stereocenters. The van der Waals surface area contributed by atoms with Gasteiger partial charge in [0.1, 0.15) is 0 Å². The highest BCUT2D eigenvalue weighted by Gasteiger charge is 2.45. The average molecular weight is 550 g/mol. The number of carbonyl (C=O) groups excluding carboxylic acids is 3. The van der Waals surface area contributed by atoms with Crippen LogP contribution in [0.5, 0.6) is 0 Å². The highest BCUT2D eigenvalue weighted by atomic mass is 35.5. The number of nitrogens with zero attached hydrogens (tertiary/aromatic N) is 2. The molecular weight excluding hydrogens is 514 g/mol. The van der Waals surface area contributed by atoms with E-state index in [1.165, 1.54) is 0 Å². The lowest BCUT2D eigenvalue weighted by Crippen LogP contribution is -2.52. The van der Waals surface area contributed by atoms with Gasteiger partial charge in [-0.1, -0.05) is 29.8 Å². The van der Waals surface area contributed by atoms with Gasteiger partial charge in [0.2, 0.25) is 11.8 Å². The monoisotopic (exact) mass is 549 g/mol. The number of nitrogens with one attached hydrogen (secondary N) is 3. The van der Waals surface area contributed by atoms with Gasteiger partial charge in [0, 0.05) is 22.5 Å². The van der Waals surface area contributed by atoms with Crippen molar-refractivity contribution in [1.82, 2.24) is 21.1 Å². The van der Waals surface area contributed by atoms with Crippen molar-refractivity contribution in [2.75, 3.05) is 6.54 Å². The predicted octanol–water partition coefficient (Wildman–Crippen LogP) is 4.23. The molecule has 206 valence electrons. The van der Waals surface area contributed by atoms with E-state index in [0.717, 1.165) is 23.1 Å². The van der Waals surface area contributed by atoms with E-state index in [1.807, 2.05) is 52.0 Å². The minimum absolute atomic E-state index is 0.0243. The fourth-order valence-electron chi connectivity index (χ4n) is 5.73. The average Bonchev–Trinajstić information content (AvgIpc) is 3.37. The van der Waals surface area contributed by atoms with Gasteiger partial charge in [-0.05, 0) is 94.3 Å². The molecule has 3 N–H and O–H groups in total. The van der Waals surface area contributed by atoms with Crippen molar-refractivity contribution in [1.29, 1.82) is 5.26 Å². The largest absolute Gasteiger partial charge is 0.343 e. The number of hydrogen-bond acceptors (Lipinski definition) is 5. The Bertz CT molecular complexity index is 1300. The van der Waals surface area contributed by atoms with Crippen LogP contribution in [0.2, 0.25) is 5.02 Å². The molecule has 2 aromatic carbocycles. The molecule has 2 fully saturated rings. The summed E-state index contributed by atoms with van der Waals surface area (Å²) in [4.78, 5) is 40.6. The van der Waals surface area contributed by atoms with Crippen molar-refractivity contribution < 1.29 is 14.4 Å². The molecular formula is C30H36ClN5O3. The zero-order chi connectivity index (χ0) is 28.3. The molecule has 0 aliphatic carbocycles. The van der Waals surface area contributed by atoms with E-state index < -0.39 is 5.41 Å². The molecule has 2 aliphatic heterocycles. The number of carbonyl (C=O) groups is 3. The van der Waals surface area contributed by atoms with Crippen molar-refractivity contribution in [3.63, 3.8) is 0 Å². The molecule has 4 atom stereocenters. The zero-order valence-corrected chi connectivity index (χ0v) is 23.6. The van der Waals surface area contributed by atoms with E-state index in [1.54, 1.807) is 23.1 Å². The summed E-state index contributed by atoms with van der Waals surface area (Å²) < 4.78 is 0. The molecule has 8 nitrogen and oxygen atoms in total. The number of hydrazine groups is 1. The van der Waals surface area contributed by atoms with Crippen molar-refractivity contribution in [2.24, 2.45) is 11.3 Å².